The van der Waals surface area contributed by atoms with Crippen LogP contribution < -0.4 is 10.6 Å². The van der Waals surface area contributed by atoms with Gasteiger partial charge >= 0.3 is 0 Å². The first-order valence-corrected chi connectivity index (χ1v) is 6.00. The highest BCUT2D eigenvalue weighted by atomic mass is 16.2. The van der Waals surface area contributed by atoms with E-state index in [9.17, 15) is 4.79 Å². The number of nitrogens with one attached hydrogen (secondary N) is 2. The lowest BCUT2D eigenvalue weighted by Gasteiger charge is -2.19. The Balaban J connectivity index is 2.76. The van der Waals surface area contributed by atoms with Crippen molar-refractivity contribution in [3.63, 3.8) is 0 Å². The van der Waals surface area contributed by atoms with Crippen LogP contribution in [-0.4, -0.2) is 19.0 Å². The minimum absolute atomic E-state index is 0.0278. The van der Waals surface area contributed by atoms with Crippen molar-refractivity contribution in [1.29, 1.82) is 0 Å². The van der Waals surface area contributed by atoms with Crippen molar-refractivity contribution in [2.24, 2.45) is 0 Å². The third-order valence-corrected chi connectivity index (χ3v) is 3.08. The second kappa shape index (κ2) is 5.82. The lowest BCUT2D eigenvalue weighted by Crippen LogP contribution is -2.41. The molecule has 94 valence electrons. The van der Waals surface area contributed by atoms with E-state index in [1.807, 2.05) is 13.8 Å². The maximum Gasteiger partial charge on any atom is 0.237 e. The summed E-state index contributed by atoms with van der Waals surface area (Å²) < 4.78 is 0. The zero-order chi connectivity index (χ0) is 13.0. The maximum atomic E-state index is 11.8. The minimum atomic E-state index is -0.164. The molecule has 3 nitrogen and oxygen atoms in total. The molecule has 1 amide bonds. The van der Waals surface area contributed by atoms with Crippen LogP contribution in [-0.2, 0) is 4.79 Å². The van der Waals surface area contributed by atoms with Gasteiger partial charge in [0.25, 0.3) is 0 Å². The van der Waals surface area contributed by atoms with Crippen molar-refractivity contribution in [3.05, 3.63) is 34.9 Å². The molecule has 0 heterocycles. The number of carbonyl (C=O) groups excluding carboxylic acids is 1. The summed E-state index contributed by atoms with van der Waals surface area (Å²) in [5, 5.41) is 5.94. The van der Waals surface area contributed by atoms with Crippen LogP contribution in [0.2, 0.25) is 0 Å². The number of hydrogen-bond donors (Lipinski definition) is 2. The number of amides is 1. The number of likely N-dealkylation sites (N-methyl/N-ethyl adjacent to an activating group) is 1. The fraction of sp³-hybridized carbons (Fsp3) is 0.500. The first kappa shape index (κ1) is 13.7. The summed E-state index contributed by atoms with van der Waals surface area (Å²) in [5.41, 5.74) is 3.63. The van der Waals surface area contributed by atoms with E-state index in [0.29, 0.717) is 0 Å². The summed E-state index contributed by atoms with van der Waals surface area (Å²) in [7, 11) is 1.78. The molecule has 0 fully saturated rings. The average Bonchev–Trinajstić information content (AvgIpc) is 2.27. The molecule has 0 spiro atoms. The van der Waals surface area contributed by atoms with Gasteiger partial charge in [0.05, 0.1) is 12.1 Å². The number of carbonyl (C=O) groups is 1. The predicted octanol–water partition coefficient (Wildman–Crippen LogP) is 2.09. The van der Waals surface area contributed by atoms with Crippen LogP contribution >= 0.6 is 0 Å². The van der Waals surface area contributed by atoms with Crippen molar-refractivity contribution in [2.75, 3.05) is 7.05 Å². The molecule has 3 heteroatoms. The van der Waals surface area contributed by atoms with Gasteiger partial charge in [-0.15, -0.1) is 0 Å². The van der Waals surface area contributed by atoms with Crippen LogP contribution in [0.3, 0.4) is 0 Å². The zero-order valence-corrected chi connectivity index (χ0v) is 11.3. The Morgan fingerprint density at radius 3 is 2.41 bits per heavy atom. The van der Waals surface area contributed by atoms with Crippen LogP contribution in [0.1, 0.15) is 36.6 Å². The van der Waals surface area contributed by atoms with Gasteiger partial charge in [-0.25, -0.2) is 0 Å². The van der Waals surface area contributed by atoms with Crippen LogP contribution in [0.25, 0.3) is 0 Å². The summed E-state index contributed by atoms with van der Waals surface area (Å²) in [4.78, 5) is 11.8. The van der Waals surface area contributed by atoms with E-state index in [4.69, 9.17) is 0 Å². The average molecular weight is 234 g/mol. The number of benzene rings is 1. The Kier molecular flexibility index (Phi) is 4.70. The fourth-order valence-corrected chi connectivity index (χ4v) is 1.86. The van der Waals surface area contributed by atoms with Gasteiger partial charge in [-0.1, -0.05) is 23.8 Å². The second-order valence-electron chi connectivity index (χ2n) is 4.60. The molecule has 0 aliphatic rings. The van der Waals surface area contributed by atoms with Crippen LogP contribution in [0, 0.1) is 13.8 Å². The Hall–Kier alpha value is -1.35. The van der Waals surface area contributed by atoms with E-state index >= 15 is 0 Å². The Bertz CT molecular complexity index is 401. The molecule has 0 bridgehead atoms. The van der Waals surface area contributed by atoms with Crippen molar-refractivity contribution < 1.29 is 4.79 Å². The highest BCUT2D eigenvalue weighted by Crippen LogP contribution is 2.18. The number of aryl methyl sites for hydroxylation is 2. The molecule has 0 saturated heterocycles. The van der Waals surface area contributed by atoms with Crippen LogP contribution in [0.5, 0.6) is 0 Å². The molecule has 2 unspecified atom stereocenters. The zero-order valence-electron chi connectivity index (χ0n) is 11.3. The normalized spacial score (nSPS) is 14.2. The standard InChI is InChI=1S/C14H22N2O/c1-9-6-7-13(10(2)8-9)11(3)16-14(17)12(4)15-5/h6-8,11-12,15H,1-5H3,(H,16,17). The van der Waals surface area contributed by atoms with Crippen molar-refractivity contribution in [2.45, 2.75) is 39.8 Å². The molecule has 2 N–H and O–H groups in total. The molecule has 1 rings (SSSR count). The van der Waals surface area contributed by atoms with Crippen molar-refractivity contribution in [1.82, 2.24) is 10.6 Å². The van der Waals surface area contributed by atoms with Gasteiger partial charge in [0.1, 0.15) is 0 Å². The maximum absolute atomic E-state index is 11.8. The first-order chi connectivity index (χ1) is 7.95. The summed E-state index contributed by atoms with van der Waals surface area (Å²) in [6, 6.07) is 6.17. The largest absolute Gasteiger partial charge is 0.348 e. The van der Waals surface area contributed by atoms with E-state index in [0.717, 1.165) is 0 Å². The molecule has 0 aromatic heterocycles. The Morgan fingerprint density at radius 1 is 1.24 bits per heavy atom. The molecule has 0 aliphatic carbocycles. The first-order valence-electron chi connectivity index (χ1n) is 6.00. The smallest absolute Gasteiger partial charge is 0.237 e. The highest BCUT2D eigenvalue weighted by Gasteiger charge is 2.15. The number of rotatable bonds is 4. The third-order valence-electron chi connectivity index (χ3n) is 3.08. The van der Waals surface area contributed by atoms with Gasteiger partial charge in [0.15, 0.2) is 0 Å². The van der Waals surface area contributed by atoms with E-state index in [1.54, 1.807) is 7.05 Å². The van der Waals surface area contributed by atoms with E-state index in [1.165, 1.54) is 16.7 Å². The van der Waals surface area contributed by atoms with Gasteiger partial charge in [0, 0.05) is 0 Å². The molecule has 17 heavy (non-hydrogen) atoms. The SMILES string of the molecule is CNC(C)C(=O)NC(C)c1ccc(C)cc1C. The van der Waals surface area contributed by atoms with Gasteiger partial charge < -0.3 is 10.6 Å². The van der Waals surface area contributed by atoms with E-state index in [2.05, 4.69) is 42.7 Å². The lowest BCUT2D eigenvalue weighted by atomic mass is 10.00. The Labute approximate surface area is 104 Å². The topological polar surface area (TPSA) is 41.1 Å². The molecule has 0 radical (unpaired) electrons. The molecule has 0 aliphatic heterocycles. The molecule has 1 aromatic carbocycles. The monoisotopic (exact) mass is 234 g/mol. The van der Waals surface area contributed by atoms with Crippen molar-refractivity contribution >= 4 is 5.91 Å². The molecule has 1 aromatic rings. The van der Waals surface area contributed by atoms with Gasteiger partial charge in [0.2, 0.25) is 5.91 Å². The molecule has 2 atom stereocenters. The quantitative estimate of drug-likeness (QED) is 0.837. The Morgan fingerprint density at radius 2 is 1.88 bits per heavy atom. The minimum Gasteiger partial charge on any atom is -0.348 e. The van der Waals surface area contributed by atoms with E-state index < -0.39 is 0 Å². The lowest BCUT2D eigenvalue weighted by molar-refractivity contribution is -0.123. The summed E-state index contributed by atoms with van der Waals surface area (Å²) in [5.74, 6) is 0.0278. The predicted molar refractivity (Wildman–Crippen MR) is 71.0 cm³/mol. The second-order valence-corrected chi connectivity index (χ2v) is 4.60. The molecule has 0 saturated carbocycles. The molecular formula is C14H22N2O. The van der Waals surface area contributed by atoms with Gasteiger partial charge in [-0.3, -0.25) is 4.79 Å². The highest BCUT2D eigenvalue weighted by molar-refractivity contribution is 5.81. The van der Waals surface area contributed by atoms with Gasteiger partial charge in [-0.05, 0) is 45.9 Å². The summed E-state index contributed by atoms with van der Waals surface area (Å²) in [6.07, 6.45) is 0. The third kappa shape index (κ3) is 3.56. The van der Waals surface area contributed by atoms with E-state index in [-0.39, 0.29) is 18.0 Å². The number of hydrogen-bond acceptors (Lipinski definition) is 2. The fourth-order valence-electron chi connectivity index (χ4n) is 1.86. The van der Waals surface area contributed by atoms with Crippen molar-refractivity contribution in [3.8, 4) is 0 Å². The van der Waals surface area contributed by atoms with Crippen LogP contribution in [0.4, 0.5) is 0 Å². The summed E-state index contributed by atoms with van der Waals surface area (Å²) >= 11 is 0. The summed E-state index contributed by atoms with van der Waals surface area (Å²) in [6.45, 7) is 8.01. The van der Waals surface area contributed by atoms with Crippen LogP contribution in [0.15, 0.2) is 18.2 Å². The molecular weight excluding hydrogens is 212 g/mol. The van der Waals surface area contributed by atoms with Gasteiger partial charge in [-0.2, -0.15) is 0 Å².